The number of hydrogen-bond donors (Lipinski definition) is 1. The van der Waals surface area contributed by atoms with Crippen molar-refractivity contribution in [3.05, 3.63) is 71.3 Å². The molecule has 1 N–H and O–H groups in total. The van der Waals surface area contributed by atoms with E-state index in [2.05, 4.69) is 9.94 Å². The molecule has 0 fully saturated rings. The number of urea groups is 1. The molecule has 1 aliphatic rings. The molecule has 1 aliphatic heterocycles. The molecule has 3 rings (SSSR count). The quantitative estimate of drug-likeness (QED) is 0.446. The van der Waals surface area contributed by atoms with Gasteiger partial charge in [-0.25, -0.2) is 18.6 Å². The van der Waals surface area contributed by atoms with Gasteiger partial charge in [-0.1, -0.05) is 42.1 Å². The van der Waals surface area contributed by atoms with Crippen LogP contribution in [0.15, 0.2) is 53.6 Å². The molecule has 2 amide bonds. The Bertz CT molecular complexity index is 1020. The molecule has 0 saturated carbocycles. The molecule has 2 aromatic rings. The first-order valence-corrected chi connectivity index (χ1v) is 10.6. The lowest BCUT2D eigenvalue weighted by Crippen LogP contribution is -2.47. The number of hydroxylamine groups is 2. The molecule has 33 heavy (non-hydrogen) atoms. The fraction of sp³-hybridized carbons (Fsp3) is 0.333. The summed E-state index contributed by atoms with van der Waals surface area (Å²) in [5.41, 5.74) is 0.315. The van der Waals surface area contributed by atoms with Crippen LogP contribution in [0.3, 0.4) is 0 Å². The van der Waals surface area contributed by atoms with E-state index >= 15 is 0 Å². The Morgan fingerprint density at radius 1 is 1.21 bits per heavy atom. The molecule has 0 aromatic heterocycles. The van der Waals surface area contributed by atoms with E-state index in [9.17, 15) is 31.9 Å². The molecule has 0 aliphatic carbocycles. The van der Waals surface area contributed by atoms with Gasteiger partial charge in [0, 0.05) is 19.2 Å². The van der Waals surface area contributed by atoms with Gasteiger partial charge in [-0.15, -0.1) is 0 Å². The fourth-order valence-corrected chi connectivity index (χ4v) is 4.64. The minimum Gasteiger partial charge on any atom is -0.396 e. The SMILES string of the molecule is CN(OCC(F)(F)F)C(=O)N1N=C(c2cc(F)ccc2F)SC1(CCCO)c1ccccc1. The number of thioether (sulfide) groups is 1. The number of carbonyl (C=O) groups is 1. The summed E-state index contributed by atoms with van der Waals surface area (Å²) in [5.74, 6) is -1.52. The third kappa shape index (κ3) is 5.63. The van der Waals surface area contributed by atoms with Crippen LogP contribution in [0.2, 0.25) is 0 Å². The Morgan fingerprint density at radius 3 is 2.55 bits per heavy atom. The van der Waals surface area contributed by atoms with Gasteiger partial charge in [-0.2, -0.15) is 23.3 Å². The predicted octanol–water partition coefficient (Wildman–Crippen LogP) is 4.85. The van der Waals surface area contributed by atoms with Crippen LogP contribution in [-0.4, -0.2) is 52.7 Å². The Balaban J connectivity index is 2.08. The Morgan fingerprint density at radius 2 is 1.91 bits per heavy atom. The van der Waals surface area contributed by atoms with Gasteiger partial charge >= 0.3 is 12.2 Å². The van der Waals surface area contributed by atoms with Crippen LogP contribution >= 0.6 is 11.8 Å². The highest BCUT2D eigenvalue weighted by Crippen LogP contribution is 2.51. The highest BCUT2D eigenvalue weighted by atomic mass is 32.2. The molecule has 12 heteroatoms. The number of rotatable bonds is 7. The van der Waals surface area contributed by atoms with Gasteiger partial charge in [0.15, 0.2) is 6.61 Å². The van der Waals surface area contributed by atoms with Crippen LogP contribution in [0.25, 0.3) is 0 Å². The fourth-order valence-electron chi connectivity index (χ4n) is 3.22. The number of alkyl halides is 3. The molecule has 6 nitrogen and oxygen atoms in total. The van der Waals surface area contributed by atoms with E-state index in [4.69, 9.17) is 0 Å². The Kier molecular flexibility index (Phi) is 7.60. The lowest BCUT2D eigenvalue weighted by molar-refractivity contribution is -0.229. The van der Waals surface area contributed by atoms with Crippen molar-refractivity contribution in [3.63, 3.8) is 0 Å². The van der Waals surface area contributed by atoms with Crippen molar-refractivity contribution in [2.24, 2.45) is 5.10 Å². The van der Waals surface area contributed by atoms with Crippen molar-refractivity contribution in [3.8, 4) is 0 Å². The van der Waals surface area contributed by atoms with Crippen molar-refractivity contribution in [1.82, 2.24) is 10.1 Å². The summed E-state index contributed by atoms with van der Waals surface area (Å²) in [6.07, 6.45) is -4.38. The van der Waals surface area contributed by atoms with E-state index in [0.29, 0.717) is 10.6 Å². The molecule has 0 bridgehead atoms. The van der Waals surface area contributed by atoms with Crippen molar-refractivity contribution in [2.45, 2.75) is 23.9 Å². The van der Waals surface area contributed by atoms with Crippen LogP contribution < -0.4 is 0 Å². The first-order valence-electron chi connectivity index (χ1n) is 9.74. The number of amides is 2. The number of hydrazone groups is 1. The summed E-state index contributed by atoms with van der Waals surface area (Å²) in [5, 5.41) is 14.8. The number of halogens is 5. The average Bonchev–Trinajstić information content (AvgIpc) is 3.17. The summed E-state index contributed by atoms with van der Waals surface area (Å²) in [7, 11) is 0.997. The van der Waals surface area contributed by atoms with Gasteiger partial charge in [-0.05, 0) is 36.6 Å². The van der Waals surface area contributed by atoms with E-state index in [-0.39, 0.29) is 30.1 Å². The van der Waals surface area contributed by atoms with Gasteiger partial charge in [0.1, 0.15) is 21.5 Å². The minimum absolute atomic E-state index is 0.0497. The van der Waals surface area contributed by atoms with Gasteiger partial charge in [0.25, 0.3) is 0 Å². The number of nitrogens with zero attached hydrogens (tertiary/aromatic N) is 3. The predicted molar refractivity (Wildman–Crippen MR) is 112 cm³/mol. The summed E-state index contributed by atoms with van der Waals surface area (Å²) >= 11 is 0.937. The van der Waals surface area contributed by atoms with Gasteiger partial charge in [-0.3, -0.25) is 4.84 Å². The van der Waals surface area contributed by atoms with Crippen molar-refractivity contribution in [1.29, 1.82) is 0 Å². The zero-order chi connectivity index (χ0) is 24.2. The Hall–Kier alpha value is -2.70. The normalized spacial score (nSPS) is 18.4. The van der Waals surface area contributed by atoms with Crippen molar-refractivity contribution >= 4 is 22.8 Å². The van der Waals surface area contributed by atoms with Gasteiger partial charge < -0.3 is 5.11 Å². The smallest absolute Gasteiger partial charge is 0.396 e. The van der Waals surface area contributed by atoms with Crippen molar-refractivity contribution < 1.29 is 36.7 Å². The van der Waals surface area contributed by atoms with E-state index in [1.54, 1.807) is 30.3 Å². The van der Waals surface area contributed by atoms with Crippen molar-refractivity contribution in [2.75, 3.05) is 20.3 Å². The Labute approximate surface area is 190 Å². The third-order valence-corrected chi connectivity index (χ3v) is 6.17. The second-order valence-electron chi connectivity index (χ2n) is 7.09. The van der Waals surface area contributed by atoms with Crippen LogP contribution in [0, 0.1) is 11.6 Å². The molecular weight excluding hydrogens is 469 g/mol. The third-order valence-electron chi connectivity index (χ3n) is 4.73. The van der Waals surface area contributed by atoms with E-state index in [1.165, 1.54) is 0 Å². The highest BCUT2D eigenvalue weighted by molar-refractivity contribution is 8.15. The van der Waals surface area contributed by atoms with Crippen LogP contribution in [0.4, 0.5) is 26.7 Å². The second kappa shape index (κ2) is 10.1. The maximum Gasteiger partial charge on any atom is 0.414 e. The topological polar surface area (TPSA) is 65.4 Å². The number of aliphatic hydroxyl groups excluding tert-OH is 1. The van der Waals surface area contributed by atoms with Gasteiger partial charge in [0.2, 0.25) is 0 Å². The highest BCUT2D eigenvalue weighted by Gasteiger charge is 2.50. The first kappa shape index (κ1) is 24.9. The lowest BCUT2D eigenvalue weighted by atomic mass is 10.0. The number of aliphatic hydroxyl groups is 1. The molecule has 0 radical (unpaired) electrons. The van der Waals surface area contributed by atoms with E-state index in [0.717, 1.165) is 42.0 Å². The van der Waals surface area contributed by atoms with Crippen LogP contribution in [0.1, 0.15) is 24.0 Å². The molecule has 2 aromatic carbocycles. The summed E-state index contributed by atoms with van der Waals surface area (Å²) in [4.78, 5) is 16.3. The second-order valence-corrected chi connectivity index (χ2v) is 8.36. The number of carbonyl (C=O) groups excluding carboxylic acids is 1. The molecule has 1 unspecified atom stereocenters. The molecule has 1 atom stereocenters. The summed E-state index contributed by atoms with van der Waals surface area (Å²) in [6.45, 7) is -1.96. The largest absolute Gasteiger partial charge is 0.414 e. The number of benzene rings is 2. The zero-order valence-corrected chi connectivity index (χ0v) is 18.2. The lowest BCUT2D eigenvalue weighted by Gasteiger charge is -2.37. The maximum atomic E-state index is 14.5. The summed E-state index contributed by atoms with van der Waals surface area (Å²) in [6, 6.07) is 10.1. The van der Waals surface area contributed by atoms with E-state index < -0.39 is 35.3 Å². The molecule has 1 heterocycles. The monoisotopic (exact) mass is 489 g/mol. The average molecular weight is 489 g/mol. The van der Waals surface area contributed by atoms with Gasteiger partial charge in [0.05, 0.1) is 0 Å². The standard InChI is InChI=1S/C21H20F5N3O3S/c1-28(32-13-21(24,25)26)19(31)29-20(10-5-11-30,14-6-3-2-4-7-14)33-18(27-29)16-12-15(22)8-9-17(16)23/h2-4,6-9,12,30H,5,10-11,13H2,1H3. The van der Waals surface area contributed by atoms with Crippen LogP contribution in [0.5, 0.6) is 0 Å². The minimum atomic E-state index is -4.68. The molecular formula is C21H20F5N3O3S. The first-order chi connectivity index (χ1) is 15.6. The van der Waals surface area contributed by atoms with Crippen LogP contribution in [-0.2, 0) is 9.71 Å². The molecule has 0 saturated heterocycles. The molecule has 0 spiro atoms. The summed E-state index contributed by atoms with van der Waals surface area (Å²) < 4.78 is 66.1. The maximum absolute atomic E-state index is 14.5. The van der Waals surface area contributed by atoms with E-state index in [1.807, 2.05) is 0 Å². The molecule has 178 valence electrons. The number of hydrogen-bond acceptors (Lipinski definition) is 5. The zero-order valence-electron chi connectivity index (χ0n) is 17.4.